The summed E-state index contributed by atoms with van der Waals surface area (Å²) >= 11 is 0. The molecular formula is C19H31N3O5. The number of urea groups is 1. The largest absolute Gasteiger partial charge is 0.480 e. The quantitative estimate of drug-likeness (QED) is 0.627. The average molecular weight is 381 g/mol. The molecule has 152 valence electrons. The van der Waals surface area contributed by atoms with Crippen LogP contribution >= 0.6 is 0 Å². The summed E-state index contributed by atoms with van der Waals surface area (Å²) in [5.74, 6) is -2.01. The van der Waals surface area contributed by atoms with Gasteiger partial charge in [-0.2, -0.15) is 0 Å². The molecule has 0 radical (unpaired) electrons. The van der Waals surface area contributed by atoms with E-state index in [0.29, 0.717) is 18.8 Å². The second-order valence-electron chi connectivity index (χ2n) is 9.17. The van der Waals surface area contributed by atoms with Crippen LogP contribution in [-0.4, -0.2) is 51.9 Å². The third-order valence-corrected chi connectivity index (χ3v) is 5.86. The molecule has 0 aromatic carbocycles. The lowest BCUT2D eigenvalue weighted by Crippen LogP contribution is -2.52. The zero-order valence-corrected chi connectivity index (χ0v) is 16.8. The summed E-state index contributed by atoms with van der Waals surface area (Å²) in [5.41, 5.74) is -0.779. The number of hydrogen-bond acceptors (Lipinski definition) is 4. The number of nitrogens with one attached hydrogen (secondary N) is 2. The maximum absolute atomic E-state index is 12.9. The summed E-state index contributed by atoms with van der Waals surface area (Å²) in [6, 6.07) is -1.64. The van der Waals surface area contributed by atoms with E-state index < -0.39 is 36.0 Å². The van der Waals surface area contributed by atoms with Gasteiger partial charge in [0.1, 0.15) is 18.1 Å². The minimum absolute atomic E-state index is 0.148. The minimum Gasteiger partial charge on any atom is -0.480 e. The molecule has 2 rings (SSSR count). The molecule has 2 fully saturated rings. The molecule has 1 atom stereocenters. The monoisotopic (exact) mass is 381 g/mol. The zero-order valence-electron chi connectivity index (χ0n) is 16.8. The summed E-state index contributed by atoms with van der Waals surface area (Å²) in [7, 11) is 0. The van der Waals surface area contributed by atoms with Crippen LogP contribution in [0.5, 0.6) is 0 Å². The fourth-order valence-corrected chi connectivity index (χ4v) is 4.01. The molecule has 8 nitrogen and oxygen atoms in total. The van der Waals surface area contributed by atoms with Crippen molar-refractivity contribution in [1.82, 2.24) is 15.5 Å². The van der Waals surface area contributed by atoms with Crippen LogP contribution in [0.15, 0.2) is 0 Å². The number of amides is 4. The first kappa shape index (κ1) is 21.2. The highest BCUT2D eigenvalue weighted by atomic mass is 16.4. The first-order valence-electron chi connectivity index (χ1n) is 9.53. The van der Waals surface area contributed by atoms with Crippen molar-refractivity contribution in [2.45, 2.75) is 71.9 Å². The van der Waals surface area contributed by atoms with Gasteiger partial charge in [-0.05, 0) is 42.9 Å². The van der Waals surface area contributed by atoms with E-state index in [-0.39, 0.29) is 17.2 Å². The van der Waals surface area contributed by atoms with E-state index in [4.69, 9.17) is 0 Å². The molecule has 4 amide bonds. The van der Waals surface area contributed by atoms with Gasteiger partial charge in [0, 0.05) is 0 Å². The molecule has 0 aromatic rings. The average Bonchev–Trinajstić information content (AvgIpc) is 2.76. The highest BCUT2D eigenvalue weighted by Crippen LogP contribution is 2.43. The fourth-order valence-electron chi connectivity index (χ4n) is 4.01. The first-order valence-corrected chi connectivity index (χ1v) is 9.53. The van der Waals surface area contributed by atoms with Crippen LogP contribution in [0.4, 0.5) is 4.79 Å². The number of imide groups is 1. The van der Waals surface area contributed by atoms with Crippen LogP contribution in [0.25, 0.3) is 0 Å². The van der Waals surface area contributed by atoms with Crippen LogP contribution in [0.2, 0.25) is 0 Å². The van der Waals surface area contributed by atoms with Gasteiger partial charge in [-0.3, -0.25) is 14.5 Å². The molecule has 1 saturated heterocycles. The van der Waals surface area contributed by atoms with Gasteiger partial charge in [0.05, 0.1) is 0 Å². The smallest absolute Gasteiger partial charge is 0.326 e. The number of aliphatic carboxylic acids is 1. The summed E-state index contributed by atoms with van der Waals surface area (Å²) in [6.45, 7) is 9.41. The molecule has 1 heterocycles. The van der Waals surface area contributed by atoms with Crippen molar-refractivity contribution in [3.05, 3.63) is 0 Å². The Morgan fingerprint density at radius 3 is 2.26 bits per heavy atom. The van der Waals surface area contributed by atoms with E-state index in [1.165, 1.54) is 0 Å². The van der Waals surface area contributed by atoms with Crippen molar-refractivity contribution in [2.75, 3.05) is 6.54 Å². The van der Waals surface area contributed by atoms with Crippen LogP contribution < -0.4 is 10.6 Å². The van der Waals surface area contributed by atoms with Gasteiger partial charge in [-0.1, -0.05) is 34.6 Å². The molecule has 1 aliphatic heterocycles. The third-order valence-electron chi connectivity index (χ3n) is 5.86. The van der Waals surface area contributed by atoms with Crippen LogP contribution in [0.3, 0.4) is 0 Å². The number of carbonyl (C=O) groups excluding carboxylic acids is 3. The lowest BCUT2D eigenvalue weighted by atomic mass is 9.67. The predicted molar refractivity (Wildman–Crippen MR) is 98.8 cm³/mol. The van der Waals surface area contributed by atoms with Crippen molar-refractivity contribution >= 4 is 23.8 Å². The first-order chi connectivity index (χ1) is 12.4. The van der Waals surface area contributed by atoms with E-state index in [0.717, 1.165) is 17.7 Å². The van der Waals surface area contributed by atoms with Gasteiger partial charge in [-0.25, -0.2) is 9.59 Å². The lowest BCUT2D eigenvalue weighted by Gasteiger charge is -2.40. The van der Waals surface area contributed by atoms with Crippen molar-refractivity contribution in [1.29, 1.82) is 0 Å². The summed E-state index contributed by atoms with van der Waals surface area (Å²) in [5, 5.41) is 14.3. The van der Waals surface area contributed by atoms with Crippen LogP contribution in [0, 0.1) is 17.3 Å². The van der Waals surface area contributed by atoms with E-state index in [1.807, 2.05) is 0 Å². The Morgan fingerprint density at radius 1 is 1.26 bits per heavy atom. The minimum atomic E-state index is -1.15. The SMILES string of the molecule is CC(C)[C@@H](NC(=O)CN1C(=O)NC2(CCC(C(C)(C)C)CC2)C1=O)C(=O)O. The maximum atomic E-state index is 12.9. The Bertz CT molecular complexity index is 630. The fraction of sp³-hybridized carbons (Fsp3) is 0.789. The molecule has 0 bridgehead atoms. The number of rotatable bonds is 5. The standard InChI is InChI=1S/C19H31N3O5/c1-11(2)14(15(24)25)20-13(23)10-22-16(26)19(21-17(22)27)8-6-12(7-9-19)18(3,4)5/h11-12,14H,6-10H2,1-5H3,(H,20,23)(H,21,27)(H,24,25)/t12?,14-,19?/m1/s1. The van der Waals surface area contributed by atoms with Crippen LogP contribution in [0.1, 0.15) is 60.3 Å². The van der Waals surface area contributed by atoms with Gasteiger partial charge in [0.2, 0.25) is 5.91 Å². The molecule has 0 aromatic heterocycles. The predicted octanol–water partition coefficient (Wildman–Crippen LogP) is 1.74. The zero-order chi connectivity index (χ0) is 20.6. The number of carboxylic acids is 1. The molecule has 2 aliphatic rings. The van der Waals surface area contributed by atoms with E-state index in [9.17, 15) is 24.3 Å². The van der Waals surface area contributed by atoms with Crippen molar-refractivity contribution in [2.24, 2.45) is 17.3 Å². The number of carboxylic acid groups (broad SMARTS) is 1. The van der Waals surface area contributed by atoms with E-state index in [1.54, 1.807) is 13.8 Å². The Labute approximate surface area is 160 Å². The molecule has 0 unspecified atom stereocenters. The van der Waals surface area contributed by atoms with Gasteiger partial charge >= 0.3 is 12.0 Å². The van der Waals surface area contributed by atoms with Crippen LogP contribution in [-0.2, 0) is 14.4 Å². The van der Waals surface area contributed by atoms with E-state index >= 15 is 0 Å². The van der Waals surface area contributed by atoms with E-state index in [2.05, 4.69) is 31.4 Å². The Morgan fingerprint density at radius 2 is 1.81 bits per heavy atom. The molecule has 1 spiro atoms. The van der Waals surface area contributed by atoms with Gasteiger partial charge < -0.3 is 15.7 Å². The Hall–Kier alpha value is -2.12. The molecule has 1 saturated carbocycles. The Kier molecular flexibility index (Phi) is 5.87. The normalized spacial score (nSPS) is 27.0. The van der Waals surface area contributed by atoms with Gasteiger partial charge in [0.25, 0.3) is 5.91 Å². The summed E-state index contributed by atoms with van der Waals surface area (Å²) in [4.78, 5) is 49.6. The van der Waals surface area contributed by atoms with Crippen molar-refractivity contribution < 1.29 is 24.3 Å². The number of hydrogen-bond donors (Lipinski definition) is 3. The maximum Gasteiger partial charge on any atom is 0.326 e. The summed E-state index contributed by atoms with van der Waals surface area (Å²) in [6.07, 6.45) is 2.79. The molecule has 8 heteroatoms. The van der Waals surface area contributed by atoms with Gasteiger partial charge in [0.15, 0.2) is 0 Å². The van der Waals surface area contributed by atoms with Crippen molar-refractivity contribution in [3.8, 4) is 0 Å². The molecule has 27 heavy (non-hydrogen) atoms. The van der Waals surface area contributed by atoms with Gasteiger partial charge in [-0.15, -0.1) is 0 Å². The lowest BCUT2D eigenvalue weighted by molar-refractivity contribution is -0.143. The second-order valence-corrected chi connectivity index (χ2v) is 9.17. The highest BCUT2D eigenvalue weighted by Gasteiger charge is 2.53. The molecular weight excluding hydrogens is 350 g/mol. The number of nitrogens with zero attached hydrogens (tertiary/aromatic N) is 1. The highest BCUT2D eigenvalue weighted by molar-refractivity contribution is 6.09. The second kappa shape index (κ2) is 7.48. The molecule has 1 aliphatic carbocycles. The Balaban J connectivity index is 2.02. The third kappa shape index (κ3) is 4.42. The number of carbonyl (C=O) groups is 4. The molecule has 3 N–H and O–H groups in total. The van der Waals surface area contributed by atoms with Crippen molar-refractivity contribution in [3.63, 3.8) is 0 Å². The summed E-state index contributed by atoms with van der Waals surface area (Å²) < 4.78 is 0. The topological polar surface area (TPSA) is 116 Å².